The first-order valence-electron chi connectivity index (χ1n) is 6.82. The molecule has 0 saturated heterocycles. The lowest BCUT2D eigenvalue weighted by Crippen LogP contribution is -2.44. The van der Waals surface area contributed by atoms with E-state index in [4.69, 9.17) is 15.1 Å². The van der Waals surface area contributed by atoms with E-state index in [-0.39, 0.29) is 22.8 Å². The minimum absolute atomic E-state index is 0.163. The Labute approximate surface area is 133 Å². The molecule has 7 heteroatoms. The SMILES string of the molecule is COc1ccc(/C=C(\C#N)C(=O)NC(C(=O)O)C(C)C)c(O)c1. The zero-order valence-corrected chi connectivity index (χ0v) is 13.0. The van der Waals surface area contributed by atoms with Crippen molar-refractivity contribution in [2.75, 3.05) is 7.11 Å². The van der Waals surface area contributed by atoms with Gasteiger partial charge >= 0.3 is 5.97 Å². The molecule has 23 heavy (non-hydrogen) atoms. The van der Waals surface area contributed by atoms with Crippen molar-refractivity contribution >= 4 is 18.0 Å². The van der Waals surface area contributed by atoms with E-state index in [1.807, 2.05) is 0 Å². The molecule has 7 nitrogen and oxygen atoms in total. The molecule has 1 aromatic carbocycles. The number of phenols is 1. The molecule has 1 amide bonds. The highest BCUT2D eigenvalue weighted by atomic mass is 16.5. The second-order valence-electron chi connectivity index (χ2n) is 5.13. The number of nitrogens with zero attached hydrogens (tertiary/aromatic N) is 1. The molecule has 0 fully saturated rings. The zero-order valence-electron chi connectivity index (χ0n) is 13.0. The van der Waals surface area contributed by atoms with Crippen molar-refractivity contribution in [2.45, 2.75) is 19.9 Å². The number of carbonyl (C=O) groups is 2. The summed E-state index contributed by atoms with van der Waals surface area (Å²) >= 11 is 0. The topological polar surface area (TPSA) is 120 Å². The zero-order chi connectivity index (χ0) is 17.6. The number of hydrogen-bond acceptors (Lipinski definition) is 5. The van der Waals surface area contributed by atoms with Crippen LogP contribution < -0.4 is 10.1 Å². The molecule has 3 N–H and O–H groups in total. The summed E-state index contributed by atoms with van der Waals surface area (Å²) in [5.41, 5.74) is -0.0636. The quantitative estimate of drug-likeness (QED) is 0.540. The fourth-order valence-corrected chi connectivity index (χ4v) is 1.81. The van der Waals surface area contributed by atoms with Crippen LogP contribution in [0.2, 0.25) is 0 Å². The molecular formula is C16H18N2O5. The van der Waals surface area contributed by atoms with Crippen LogP contribution in [-0.2, 0) is 9.59 Å². The molecule has 0 spiro atoms. The van der Waals surface area contributed by atoms with E-state index in [1.165, 1.54) is 25.3 Å². The lowest BCUT2D eigenvalue weighted by molar-refractivity contribution is -0.142. The molecule has 0 heterocycles. The number of phenolic OH excluding ortho intramolecular Hbond substituents is 1. The van der Waals surface area contributed by atoms with Crippen molar-refractivity contribution in [1.82, 2.24) is 5.32 Å². The number of methoxy groups -OCH3 is 1. The minimum Gasteiger partial charge on any atom is -0.507 e. The number of nitriles is 1. The number of ether oxygens (including phenoxy) is 1. The molecule has 1 rings (SSSR count). The summed E-state index contributed by atoms with van der Waals surface area (Å²) in [6.45, 7) is 3.29. The summed E-state index contributed by atoms with van der Waals surface area (Å²) in [5.74, 6) is -2.08. The number of carbonyl (C=O) groups excluding carboxylic acids is 1. The van der Waals surface area contributed by atoms with Crippen molar-refractivity contribution in [3.05, 3.63) is 29.3 Å². The van der Waals surface area contributed by atoms with E-state index in [0.717, 1.165) is 0 Å². The molecule has 0 aliphatic rings. The standard InChI is InChI=1S/C16H18N2O5/c1-9(2)14(16(21)22)18-15(20)11(8-17)6-10-4-5-12(23-3)7-13(10)19/h4-7,9,14,19H,1-3H3,(H,18,20)(H,21,22)/b11-6+. The van der Waals surface area contributed by atoms with Gasteiger partial charge in [-0.15, -0.1) is 0 Å². The lowest BCUT2D eigenvalue weighted by Gasteiger charge is -2.17. The van der Waals surface area contributed by atoms with Crippen molar-refractivity contribution in [3.8, 4) is 17.6 Å². The van der Waals surface area contributed by atoms with Crippen LogP contribution in [0.5, 0.6) is 11.5 Å². The van der Waals surface area contributed by atoms with Crippen LogP contribution in [0.15, 0.2) is 23.8 Å². The summed E-state index contributed by atoms with van der Waals surface area (Å²) in [6.07, 6.45) is 1.18. The summed E-state index contributed by atoms with van der Waals surface area (Å²) in [5, 5.41) is 30.3. The maximum Gasteiger partial charge on any atom is 0.326 e. The van der Waals surface area contributed by atoms with E-state index >= 15 is 0 Å². The summed E-state index contributed by atoms with van der Waals surface area (Å²) in [6, 6.07) is 4.98. The van der Waals surface area contributed by atoms with Crippen LogP contribution in [0.3, 0.4) is 0 Å². The highest BCUT2D eigenvalue weighted by Gasteiger charge is 2.25. The highest BCUT2D eigenvalue weighted by Crippen LogP contribution is 2.25. The van der Waals surface area contributed by atoms with Crippen molar-refractivity contribution in [1.29, 1.82) is 5.26 Å². The largest absolute Gasteiger partial charge is 0.507 e. The summed E-state index contributed by atoms with van der Waals surface area (Å²) < 4.78 is 4.94. The van der Waals surface area contributed by atoms with Gasteiger partial charge in [0.05, 0.1) is 7.11 Å². The van der Waals surface area contributed by atoms with Gasteiger partial charge in [-0.25, -0.2) is 4.79 Å². The average Bonchev–Trinajstić information content (AvgIpc) is 2.50. The third-order valence-electron chi connectivity index (χ3n) is 3.12. The molecule has 0 aromatic heterocycles. The number of nitrogens with one attached hydrogen (secondary N) is 1. The van der Waals surface area contributed by atoms with Gasteiger partial charge in [-0.3, -0.25) is 4.79 Å². The predicted molar refractivity (Wildman–Crippen MR) is 82.7 cm³/mol. The number of carboxylic acid groups (broad SMARTS) is 1. The lowest BCUT2D eigenvalue weighted by atomic mass is 10.0. The van der Waals surface area contributed by atoms with E-state index in [9.17, 15) is 14.7 Å². The van der Waals surface area contributed by atoms with Gasteiger partial charge in [-0.05, 0) is 24.1 Å². The van der Waals surface area contributed by atoms with E-state index in [0.29, 0.717) is 5.75 Å². The first kappa shape index (κ1) is 18.0. The van der Waals surface area contributed by atoms with Crippen LogP contribution in [0.4, 0.5) is 0 Å². The van der Waals surface area contributed by atoms with Gasteiger partial charge in [0.15, 0.2) is 0 Å². The van der Waals surface area contributed by atoms with Crippen LogP contribution in [-0.4, -0.2) is 35.2 Å². The Bertz CT molecular complexity index is 674. The Balaban J connectivity index is 3.06. The fourth-order valence-electron chi connectivity index (χ4n) is 1.81. The van der Waals surface area contributed by atoms with Gasteiger partial charge in [0, 0.05) is 11.6 Å². The molecule has 0 radical (unpaired) electrons. The van der Waals surface area contributed by atoms with E-state index < -0.39 is 17.9 Å². The highest BCUT2D eigenvalue weighted by molar-refractivity contribution is 6.03. The van der Waals surface area contributed by atoms with Crippen LogP contribution in [0, 0.1) is 17.2 Å². The normalized spacial score (nSPS) is 12.4. The van der Waals surface area contributed by atoms with Crippen LogP contribution in [0.1, 0.15) is 19.4 Å². The van der Waals surface area contributed by atoms with Crippen LogP contribution in [0.25, 0.3) is 6.08 Å². The fraction of sp³-hybridized carbons (Fsp3) is 0.312. The Morgan fingerprint density at radius 3 is 2.48 bits per heavy atom. The summed E-state index contributed by atoms with van der Waals surface area (Å²) in [7, 11) is 1.44. The van der Waals surface area contributed by atoms with E-state index in [2.05, 4.69) is 5.32 Å². The molecule has 0 aliphatic heterocycles. The van der Waals surface area contributed by atoms with Crippen LogP contribution >= 0.6 is 0 Å². The smallest absolute Gasteiger partial charge is 0.326 e. The molecule has 1 aromatic rings. The summed E-state index contributed by atoms with van der Waals surface area (Å²) in [4.78, 5) is 23.2. The number of benzene rings is 1. The maximum absolute atomic E-state index is 12.1. The Kier molecular flexibility index (Phi) is 6.15. The Hall–Kier alpha value is -3.01. The number of carboxylic acids is 1. The number of aromatic hydroxyl groups is 1. The molecule has 0 bridgehead atoms. The van der Waals surface area contributed by atoms with Crippen molar-refractivity contribution in [3.63, 3.8) is 0 Å². The number of amides is 1. The van der Waals surface area contributed by atoms with Gasteiger partial charge in [-0.2, -0.15) is 5.26 Å². The molecule has 122 valence electrons. The number of rotatable bonds is 6. The first-order chi connectivity index (χ1) is 10.8. The average molecular weight is 318 g/mol. The maximum atomic E-state index is 12.1. The second kappa shape index (κ2) is 7.84. The molecule has 1 atom stereocenters. The van der Waals surface area contributed by atoms with Crippen molar-refractivity contribution in [2.24, 2.45) is 5.92 Å². The molecule has 0 aliphatic carbocycles. The molecule has 1 unspecified atom stereocenters. The molecular weight excluding hydrogens is 300 g/mol. The third kappa shape index (κ3) is 4.74. The van der Waals surface area contributed by atoms with Gasteiger partial charge in [0.2, 0.25) is 0 Å². The van der Waals surface area contributed by atoms with Gasteiger partial charge in [0.1, 0.15) is 29.2 Å². The van der Waals surface area contributed by atoms with E-state index in [1.54, 1.807) is 26.0 Å². The number of hydrogen-bond donors (Lipinski definition) is 3. The second-order valence-corrected chi connectivity index (χ2v) is 5.13. The van der Waals surface area contributed by atoms with Crippen molar-refractivity contribution < 1.29 is 24.5 Å². The number of aliphatic carboxylic acids is 1. The monoisotopic (exact) mass is 318 g/mol. The van der Waals surface area contributed by atoms with Gasteiger partial charge in [-0.1, -0.05) is 13.8 Å². The Morgan fingerprint density at radius 2 is 2.04 bits per heavy atom. The first-order valence-corrected chi connectivity index (χ1v) is 6.82. The molecule has 0 saturated carbocycles. The minimum atomic E-state index is -1.18. The van der Waals surface area contributed by atoms with Gasteiger partial charge < -0.3 is 20.3 Å². The third-order valence-corrected chi connectivity index (χ3v) is 3.12. The van der Waals surface area contributed by atoms with Gasteiger partial charge in [0.25, 0.3) is 5.91 Å². The Morgan fingerprint density at radius 1 is 1.39 bits per heavy atom. The predicted octanol–water partition coefficient (Wildman–Crippen LogP) is 1.53.